The minimum atomic E-state index is -3.68. The normalized spacial score (nSPS) is 14.0. The van der Waals surface area contributed by atoms with E-state index in [9.17, 15) is 16.8 Å². The molecular weight excluding hydrogens is 314 g/mol. The van der Waals surface area contributed by atoms with E-state index in [2.05, 4.69) is 9.44 Å². The number of sulfonamides is 2. The summed E-state index contributed by atoms with van der Waals surface area (Å²) in [5.74, 6) is -0.321. The van der Waals surface area contributed by atoms with E-state index in [4.69, 9.17) is 5.73 Å². The monoisotopic (exact) mass is 335 g/mol. The molecule has 21 heavy (non-hydrogen) atoms. The first-order valence-corrected chi connectivity index (χ1v) is 9.64. The van der Waals surface area contributed by atoms with Crippen LogP contribution in [0, 0.1) is 0 Å². The third-order valence-electron chi connectivity index (χ3n) is 2.64. The first-order chi connectivity index (χ1) is 9.73. The molecule has 7 nitrogen and oxygen atoms in total. The van der Waals surface area contributed by atoms with Crippen molar-refractivity contribution < 1.29 is 16.8 Å². The maximum absolute atomic E-state index is 11.9. The van der Waals surface area contributed by atoms with Gasteiger partial charge in [-0.25, -0.2) is 26.3 Å². The highest BCUT2D eigenvalue weighted by molar-refractivity contribution is 7.90. The van der Waals surface area contributed by atoms with Gasteiger partial charge in [0.05, 0.1) is 10.6 Å². The van der Waals surface area contributed by atoms with E-state index in [1.165, 1.54) is 12.1 Å². The third-order valence-corrected chi connectivity index (χ3v) is 5.50. The van der Waals surface area contributed by atoms with Crippen molar-refractivity contribution in [3.05, 3.63) is 30.3 Å². The van der Waals surface area contributed by atoms with Gasteiger partial charge in [-0.15, -0.1) is 0 Å². The summed E-state index contributed by atoms with van der Waals surface area (Å²) in [6.45, 7) is 1.83. The van der Waals surface area contributed by atoms with Gasteiger partial charge in [0.15, 0.2) is 0 Å². The molecule has 0 fully saturated rings. The molecule has 0 saturated heterocycles. The molecule has 0 heterocycles. The zero-order valence-electron chi connectivity index (χ0n) is 11.8. The average molecular weight is 335 g/mol. The van der Waals surface area contributed by atoms with E-state index in [1.807, 2.05) is 0 Å². The smallest absolute Gasteiger partial charge is 0.240 e. The topological polar surface area (TPSA) is 118 Å². The Hall–Kier alpha value is -1.00. The molecule has 120 valence electrons. The highest BCUT2D eigenvalue weighted by Gasteiger charge is 2.15. The molecule has 0 radical (unpaired) electrons. The molecule has 1 aromatic carbocycles. The molecule has 1 rings (SSSR count). The van der Waals surface area contributed by atoms with E-state index < -0.39 is 20.0 Å². The summed E-state index contributed by atoms with van der Waals surface area (Å²) in [4.78, 5) is 0.104. The van der Waals surface area contributed by atoms with Gasteiger partial charge in [-0.2, -0.15) is 0 Å². The number of benzene rings is 1. The fourth-order valence-electron chi connectivity index (χ4n) is 1.51. The van der Waals surface area contributed by atoms with Crippen molar-refractivity contribution in [1.82, 2.24) is 9.44 Å². The first kappa shape index (κ1) is 18.1. The first-order valence-electron chi connectivity index (χ1n) is 6.50. The van der Waals surface area contributed by atoms with Crippen LogP contribution in [-0.4, -0.2) is 41.7 Å². The Balaban J connectivity index is 2.46. The van der Waals surface area contributed by atoms with Gasteiger partial charge in [0, 0.05) is 19.1 Å². The number of hydrogen-bond acceptors (Lipinski definition) is 5. The predicted octanol–water partition coefficient (Wildman–Crippen LogP) is -0.378. The van der Waals surface area contributed by atoms with Crippen LogP contribution < -0.4 is 15.2 Å². The molecular formula is C12H21N3O4S2. The van der Waals surface area contributed by atoms with Gasteiger partial charge >= 0.3 is 0 Å². The van der Waals surface area contributed by atoms with Crippen LogP contribution in [0.1, 0.15) is 13.3 Å². The Morgan fingerprint density at radius 1 is 1.05 bits per heavy atom. The lowest BCUT2D eigenvalue weighted by atomic mass is 10.3. The zero-order valence-corrected chi connectivity index (χ0v) is 13.5. The molecule has 0 aliphatic rings. The largest absolute Gasteiger partial charge is 0.328 e. The van der Waals surface area contributed by atoms with Gasteiger partial charge < -0.3 is 5.73 Å². The molecule has 0 aromatic heterocycles. The lowest BCUT2D eigenvalue weighted by Crippen LogP contribution is -2.36. The van der Waals surface area contributed by atoms with E-state index >= 15 is 0 Å². The Kier molecular flexibility index (Phi) is 6.75. The van der Waals surface area contributed by atoms with Crippen molar-refractivity contribution in [1.29, 1.82) is 0 Å². The second kappa shape index (κ2) is 7.85. The van der Waals surface area contributed by atoms with E-state index in [-0.39, 0.29) is 29.8 Å². The maximum atomic E-state index is 11.9. The van der Waals surface area contributed by atoms with E-state index in [0.29, 0.717) is 6.42 Å². The van der Waals surface area contributed by atoms with Crippen molar-refractivity contribution >= 4 is 20.0 Å². The van der Waals surface area contributed by atoms with Crippen molar-refractivity contribution in [3.8, 4) is 0 Å². The molecule has 4 N–H and O–H groups in total. The van der Waals surface area contributed by atoms with Gasteiger partial charge in [-0.1, -0.05) is 18.2 Å². The molecule has 0 amide bonds. The quantitative estimate of drug-likeness (QED) is 0.568. The lowest BCUT2D eigenvalue weighted by molar-refractivity contribution is 0.568. The van der Waals surface area contributed by atoms with Gasteiger partial charge in [-0.3, -0.25) is 0 Å². The van der Waals surface area contributed by atoms with Crippen LogP contribution in [0.3, 0.4) is 0 Å². The van der Waals surface area contributed by atoms with Crippen LogP contribution in [-0.2, 0) is 20.0 Å². The van der Waals surface area contributed by atoms with Crippen LogP contribution in [0.5, 0.6) is 0 Å². The fraction of sp³-hybridized carbons (Fsp3) is 0.500. The minimum Gasteiger partial charge on any atom is -0.328 e. The highest BCUT2D eigenvalue weighted by atomic mass is 32.2. The second-order valence-electron chi connectivity index (χ2n) is 4.69. The summed E-state index contributed by atoms with van der Waals surface area (Å²) in [5, 5.41) is 0. The maximum Gasteiger partial charge on any atom is 0.240 e. The molecule has 9 heteroatoms. The predicted molar refractivity (Wildman–Crippen MR) is 81.7 cm³/mol. The summed E-state index contributed by atoms with van der Waals surface area (Å²) in [6.07, 6.45) is 0.523. The average Bonchev–Trinajstić information content (AvgIpc) is 2.38. The molecule has 0 spiro atoms. The van der Waals surface area contributed by atoms with Gasteiger partial charge in [0.25, 0.3) is 0 Å². The molecule has 1 atom stereocenters. The number of nitrogens with two attached hydrogens (primary N) is 1. The molecule has 0 saturated carbocycles. The van der Waals surface area contributed by atoms with Crippen molar-refractivity contribution in [3.63, 3.8) is 0 Å². The van der Waals surface area contributed by atoms with Crippen molar-refractivity contribution in [2.75, 3.05) is 18.8 Å². The summed E-state index contributed by atoms with van der Waals surface area (Å²) in [6, 6.07) is 7.69. The third kappa shape index (κ3) is 7.00. The highest BCUT2D eigenvalue weighted by Crippen LogP contribution is 2.06. The second-order valence-corrected chi connectivity index (χ2v) is 8.38. The van der Waals surface area contributed by atoms with Gasteiger partial charge in [0.1, 0.15) is 0 Å². The van der Waals surface area contributed by atoms with Crippen molar-refractivity contribution in [2.45, 2.75) is 24.3 Å². The summed E-state index contributed by atoms with van der Waals surface area (Å²) >= 11 is 0. The summed E-state index contributed by atoms with van der Waals surface area (Å²) < 4.78 is 51.7. The van der Waals surface area contributed by atoms with Crippen LogP contribution >= 0.6 is 0 Å². The SMILES string of the molecule is CC(N)CCNS(=O)(=O)CCNS(=O)(=O)c1ccccc1. The van der Waals surface area contributed by atoms with Crippen LogP contribution in [0.2, 0.25) is 0 Å². The number of rotatable bonds is 9. The molecule has 0 aliphatic heterocycles. The van der Waals surface area contributed by atoms with E-state index in [1.54, 1.807) is 25.1 Å². The van der Waals surface area contributed by atoms with Crippen LogP contribution in [0.4, 0.5) is 0 Å². The minimum absolute atomic E-state index is 0.0933. The standard InChI is InChI=1S/C12H21N3O4S2/c1-11(13)7-8-14-20(16,17)10-9-15-21(18,19)12-5-3-2-4-6-12/h2-6,11,14-15H,7-10,13H2,1H3. The molecule has 1 unspecified atom stereocenters. The van der Waals surface area contributed by atoms with E-state index in [0.717, 1.165) is 0 Å². The number of nitrogens with one attached hydrogen (secondary N) is 2. The Bertz CT molecular complexity index is 628. The van der Waals surface area contributed by atoms with Crippen molar-refractivity contribution in [2.24, 2.45) is 5.73 Å². The summed E-state index contributed by atoms with van der Waals surface area (Å²) in [7, 11) is -7.19. The molecule has 1 aromatic rings. The molecule has 0 aliphatic carbocycles. The zero-order chi connectivity index (χ0) is 15.9. The fourth-order valence-corrected chi connectivity index (χ4v) is 3.63. The number of hydrogen-bond donors (Lipinski definition) is 3. The Morgan fingerprint density at radius 3 is 2.24 bits per heavy atom. The molecule has 0 bridgehead atoms. The Morgan fingerprint density at radius 2 is 1.67 bits per heavy atom. The van der Waals surface area contributed by atoms with Crippen LogP contribution in [0.25, 0.3) is 0 Å². The summed E-state index contributed by atoms with van der Waals surface area (Å²) in [5.41, 5.74) is 5.52. The Labute approximate surface area is 126 Å². The van der Waals surface area contributed by atoms with Gasteiger partial charge in [0.2, 0.25) is 20.0 Å². The van der Waals surface area contributed by atoms with Crippen LogP contribution in [0.15, 0.2) is 35.2 Å². The van der Waals surface area contributed by atoms with Gasteiger partial charge in [-0.05, 0) is 25.5 Å². The lowest BCUT2D eigenvalue weighted by Gasteiger charge is -2.09.